The van der Waals surface area contributed by atoms with E-state index in [9.17, 15) is 0 Å². The number of para-hydroxylation sites is 1. The molecule has 116 valence electrons. The Labute approximate surface area is 136 Å². The highest BCUT2D eigenvalue weighted by Gasteiger charge is 2.07. The Bertz CT molecular complexity index is 628. The second kappa shape index (κ2) is 7.75. The molecular weight excluding hydrogens is 294 g/mol. The zero-order chi connectivity index (χ0) is 15.9. The smallest absolute Gasteiger partial charge is 0.172 e. The fourth-order valence-corrected chi connectivity index (χ4v) is 2.20. The molecule has 1 aromatic heterocycles. The topological polar surface area (TPSA) is 46.2 Å². The fourth-order valence-electron chi connectivity index (χ4n) is 1.89. The van der Waals surface area contributed by atoms with Crippen molar-refractivity contribution < 1.29 is 4.74 Å². The Hall–Kier alpha value is -2.14. The van der Waals surface area contributed by atoms with Gasteiger partial charge in [-0.15, -0.1) is 0 Å². The van der Waals surface area contributed by atoms with Crippen molar-refractivity contribution in [1.82, 2.24) is 10.3 Å². The second-order valence-corrected chi connectivity index (χ2v) is 5.71. The molecule has 5 heteroatoms. The number of thiocarbonyl (C=S) groups is 1. The van der Waals surface area contributed by atoms with E-state index in [4.69, 9.17) is 17.0 Å². The maximum Gasteiger partial charge on any atom is 0.172 e. The first-order chi connectivity index (χ1) is 10.5. The number of ether oxygens (including phenoxy) is 1. The third-order valence-corrected chi connectivity index (χ3v) is 3.33. The Morgan fingerprint density at radius 2 is 2.00 bits per heavy atom. The molecule has 0 saturated heterocycles. The third-order valence-electron chi connectivity index (χ3n) is 3.11. The average Bonchev–Trinajstić information content (AvgIpc) is 2.49. The lowest BCUT2D eigenvalue weighted by Crippen LogP contribution is -2.39. The van der Waals surface area contributed by atoms with Crippen molar-refractivity contribution in [2.75, 3.05) is 11.9 Å². The highest BCUT2D eigenvalue weighted by molar-refractivity contribution is 7.80. The van der Waals surface area contributed by atoms with Crippen LogP contribution in [0.25, 0.3) is 0 Å². The zero-order valence-corrected chi connectivity index (χ0v) is 13.9. The summed E-state index contributed by atoms with van der Waals surface area (Å²) >= 11 is 5.28. The molecule has 0 spiro atoms. The number of nitrogens with zero attached hydrogens (tertiary/aromatic N) is 1. The van der Waals surface area contributed by atoms with Crippen LogP contribution in [-0.4, -0.2) is 22.7 Å². The molecule has 0 fully saturated rings. The monoisotopic (exact) mass is 315 g/mol. The van der Waals surface area contributed by atoms with E-state index in [1.54, 1.807) is 6.20 Å². The van der Waals surface area contributed by atoms with Crippen molar-refractivity contribution in [3.63, 3.8) is 0 Å². The molecule has 1 heterocycles. The van der Waals surface area contributed by atoms with Crippen LogP contribution in [0.4, 0.5) is 5.82 Å². The normalized spacial score (nSPS) is 11.6. The van der Waals surface area contributed by atoms with E-state index in [0.717, 1.165) is 22.7 Å². The van der Waals surface area contributed by atoms with E-state index in [2.05, 4.69) is 15.6 Å². The average molecular weight is 315 g/mol. The second-order valence-electron chi connectivity index (χ2n) is 5.30. The number of nitrogens with one attached hydrogen (secondary N) is 2. The molecule has 2 aromatic rings. The summed E-state index contributed by atoms with van der Waals surface area (Å²) in [6, 6.07) is 11.9. The maximum atomic E-state index is 5.80. The van der Waals surface area contributed by atoms with Crippen molar-refractivity contribution in [3.05, 3.63) is 53.7 Å². The number of hydrogen-bond acceptors (Lipinski definition) is 3. The van der Waals surface area contributed by atoms with Gasteiger partial charge in [0.25, 0.3) is 0 Å². The minimum absolute atomic E-state index is 0.0880. The number of hydrogen-bond donors (Lipinski definition) is 2. The molecule has 0 bridgehead atoms. The van der Waals surface area contributed by atoms with Crippen LogP contribution in [0.5, 0.6) is 5.75 Å². The lowest BCUT2D eigenvalue weighted by Gasteiger charge is -2.18. The van der Waals surface area contributed by atoms with Gasteiger partial charge >= 0.3 is 0 Å². The summed E-state index contributed by atoms with van der Waals surface area (Å²) in [5.41, 5.74) is 2.24. The van der Waals surface area contributed by atoms with Gasteiger partial charge < -0.3 is 15.4 Å². The molecule has 0 amide bonds. The first kappa shape index (κ1) is 16.2. The first-order valence-electron chi connectivity index (χ1n) is 7.23. The van der Waals surface area contributed by atoms with Crippen molar-refractivity contribution in [3.8, 4) is 5.75 Å². The molecule has 0 aliphatic heterocycles. The van der Waals surface area contributed by atoms with Crippen molar-refractivity contribution in [2.24, 2.45) is 0 Å². The third kappa shape index (κ3) is 5.00. The SMILES string of the molecule is Cc1ccc(NC(=S)N[C@H](C)COc2ccccc2C)nc1. The molecule has 0 aliphatic rings. The minimum Gasteiger partial charge on any atom is -0.491 e. The van der Waals surface area contributed by atoms with E-state index >= 15 is 0 Å². The van der Waals surface area contributed by atoms with Crippen LogP contribution >= 0.6 is 12.2 Å². The highest BCUT2D eigenvalue weighted by Crippen LogP contribution is 2.16. The van der Waals surface area contributed by atoms with E-state index in [1.165, 1.54) is 0 Å². The number of aromatic nitrogens is 1. The Morgan fingerprint density at radius 1 is 1.23 bits per heavy atom. The summed E-state index contributed by atoms with van der Waals surface area (Å²) in [7, 11) is 0. The van der Waals surface area contributed by atoms with Crippen LogP contribution in [0.1, 0.15) is 18.1 Å². The van der Waals surface area contributed by atoms with Gasteiger partial charge in [0.05, 0.1) is 6.04 Å². The predicted octanol–water partition coefficient (Wildman–Crippen LogP) is 3.45. The molecular formula is C17H21N3OS. The number of benzene rings is 1. The van der Waals surface area contributed by atoms with E-state index in [1.807, 2.05) is 57.2 Å². The van der Waals surface area contributed by atoms with Gasteiger partial charge in [-0.25, -0.2) is 4.98 Å². The number of rotatable bonds is 5. The van der Waals surface area contributed by atoms with Crippen LogP contribution in [0.15, 0.2) is 42.6 Å². The molecule has 2 rings (SSSR count). The first-order valence-corrected chi connectivity index (χ1v) is 7.64. The van der Waals surface area contributed by atoms with Crippen LogP contribution in [0.3, 0.4) is 0 Å². The lowest BCUT2D eigenvalue weighted by atomic mass is 10.2. The van der Waals surface area contributed by atoms with Crippen LogP contribution < -0.4 is 15.4 Å². The van der Waals surface area contributed by atoms with Crippen LogP contribution in [0.2, 0.25) is 0 Å². The van der Waals surface area contributed by atoms with E-state index < -0.39 is 0 Å². The van der Waals surface area contributed by atoms with E-state index in [-0.39, 0.29) is 6.04 Å². The van der Waals surface area contributed by atoms with Gasteiger partial charge in [-0.2, -0.15) is 0 Å². The molecule has 4 nitrogen and oxygen atoms in total. The predicted molar refractivity (Wildman–Crippen MR) is 94.5 cm³/mol. The number of anilines is 1. The van der Waals surface area contributed by atoms with Crippen LogP contribution in [-0.2, 0) is 0 Å². The van der Waals surface area contributed by atoms with Crippen molar-refractivity contribution in [2.45, 2.75) is 26.8 Å². The largest absolute Gasteiger partial charge is 0.491 e. The summed E-state index contributed by atoms with van der Waals surface area (Å²) < 4.78 is 5.80. The Balaban J connectivity index is 1.79. The molecule has 0 saturated carbocycles. The Morgan fingerprint density at radius 3 is 2.68 bits per heavy atom. The molecule has 1 aromatic carbocycles. The summed E-state index contributed by atoms with van der Waals surface area (Å²) in [6.45, 7) is 6.59. The van der Waals surface area contributed by atoms with Gasteiger partial charge in [-0.1, -0.05) is 24.3 Å². The van der Waals surface area contributed by atoms with Gasteiger partial charge in [-0.3, -0.25) is 0 Å². The zero-order valence-electron chi connectivity index (χ0n) is 13.1. The van der Waals surface area contributed by atoms with Gasteiger partial charge in [-0.05, 0) is 56.2 Å². The summed E-state index contributed by atoms with van der Waals surface area (Å²) in [6.07, 6.45) is 1.80. The van der Waals surface area contributed by atoms with Crippen LogP contribution in [0, 0.1) is 13.8 Å². The summed E-state index contributed by atoms with van der Waals surface area (Å²) in [4.78, 5) is 4.26. The van der Waals surface area contributed by atoms with Gasteiger partial charge in [0, 0.05) is 6.20 Å². The summed E-state index contributed by atoms with van der Waals surface area (Å²) in [5, 5.41) is 6.79. The quantitative estimate of drug-likeness (QED) is 0.828. The molecule has 1 atom stereocenters. The number of pyridine rings is 1. The Kier molecular flexibility index (Phi) is 5.72. The minimum atomic E-state index is 0.0880. The van der Waals surface area contributed by atoms with Gasteiger partial charge in [0.1, 0.15) is 18.2 Å². The van der Waals surface area contributed by atoms with Crippen molar-refractivity contribution >= 4 is 23.1 Å². The standard InChI is InChI=1S/C17H21N3OS/c1-12-8-9-16(18-10-12)20-17(22)19-14(3)11-21-15-7-5-4-6-13(15)2/h4-10,14H,11H2,1-3H3,(H2,18,19,20,22)/t14-/m1/s1. The lowest BCUT2D eigenvalue weighted by molar-refractivity contribution is 0.285. The molecule has 0 aliphatic carbocycles. The van der Waals surface area contributed by atoms with Crippen molar-refractivity contribution in [1.29, 1.82) is 0 Å². The highest BCUT2D eigenvalue weighted by atomic mass is 32.1. The van der Waals surface area contributed by atoms with E-state index in [0.29, 0.717) is 11.7 Å². The molecule has 2 N–H and O–H groups in total. The molecule has 0 radical (unpaired) electrons. The molecule has 0 unspecified atom stereocenters. The molecule has 22 heavy (non-hydrogen) atoms. The number of aryl methyl sites for hydroxylation is 2. The maximum absolute atomic E-state index is 5.80. The fraction of sp³-hybridized carbons (Fsp3) is 0.294. The van der Waals surface area contributed by atoms with Gasteiger partial charge in [0.15, 0.2) is 5.11 Å². The van der Waals surface area contributed by atoms with Gasteiger partial charge in [0.2, 0.25) is 0 Å². The summed E-state index contributed by atoms with van der Waals surface area (Å²) in [5.74, 6) is 1.63.